The van der Waals surface area contributed by atoms with Gasteiger partial charge in [0.05, 0.1) is 11.2 Å². The summed E-state index contributed by atoms with van der Waals surface area (Å²) >= 11 is 0. The van der Waals surface area contributed by atoms with E-state index in [0.717, 1.165) is 24.8 Å². The maximum atomic E-state index is 12.6. The summed E-state index contributed by atoms with van der Waals surface area (Å²) in [6.07, 6.45) is 6.21. The Kier molecular flexibility index (Phi) is 4.63. The van der Waals surface area contributed by atoms with Gasteiger partial charge in [-0.15, -0.1) is 0 Å². The summed E-state index contributed by atoms with van der Waals surface area (Å²) in [5, 5.41) is 22.7. The van der Waals surface area contributed by atoms with Gasteiger partial charge in [-0.05, 0) is 57.4 Å². The van der Waals surface area contributed by atoms with Gasteiger partial charge >= 0.3 is 0 Å². The van der Waals surface area contributed by atoms with Gasteiger partial charge in [0.2, 0.25) is 0 Å². The number of rotatable bonds is 3. The highest BCUT2D eigenvalue weighted by Crippen LogP contribution is 2.65. The first kappa shape index (κ1) is 18.7. The molecule has 0 bridgehead atoms. The molecule has 3 heteroatoms. The third-order valence-corrected chi connectivity index (χ3v) is 7.34. The van der Waals surface area contributed by atoms with E-state index >= 15 is 0 Å². The second-order valence-corrected chi connectivity index (χ2v) is 9.02. The molecule has 2 aliphatic rings. The molecule has 0 spiro atoms. The van der Waals surface area contributed by atoms with Gasteiger partial charge < -0.3 is 10.2 Å². The normalized spacial score (nSPS) is 43.8. The first-order valence-corrected chi connectivity index (χ1v) is 9.02. The Balaban J connectivity index is 2.46. The van der Waals surface area contributed by atoms with Gasteiger partial charge in [0.15, 0.2) is 5.78 Å². The number of carbonyl (C=O) groups is 1. The molecule has 4 atom stereocenters. The predicted octanol–water partition coefficient (Wildman–Crippen LogP) is 4.02. The van der Waals surface area contributed by atoms with Crippen LogP contribution in [0.15, 0.2) is 11.6 Å². The number of fused-ring (bicyclic) bond motifs is 1. The van der Waals surface area contributed by atoms with Crippen LogP contribution in [0.25, 0.3) is 0 Å². The Bertz CT molecular complexity index is 517. The quantitative estimate of drug-likeness (QED) is 0.772. The lowest BCUT2D eigenvalue weighted by Gasteiger charge is -2.66. The van der Waals surface area contributed by atoms with Crippen LogP contribution in [0, 0.1) is 16.7 Å². The average molecular weight is 322 g/mol. The van der Waals surface area contributed by atoms with Gasteiger partial charge in [0, 0.05) is 17.8 Å². The van der Waals surface area contributed by atoms with Gasteiger partial charge in [0.25, 0.3) is 0 Å². The van der Waals surface area contributed by atoms with E-state index in [-0.39, 0.29) is 17.1 Å². The third-order valence-electron chi connectivity index (χ3n) is 7.34. The smallest absolute Gasteiger partial charge is 0.158 e. The number of hydrogen-bond acceptors (Lipinski definition) is 3. The van der Waals surface area contributed by atoms with Crippen molar-refractivity contribution >= 4 is 5.78 Å². The van der Waals surface area contributed by atoms with E-state index in [4.69, 9.17) is 0 Å². The Morgan fingerprint density at radius 3 is 2.26 bits per heavy atom. The molecule has 0 heterocycles. The van der Waals surface area contributed by atoms with Crippen LogP contribution in [-0.4, -0.2) is 27.2 Å². The van der Waals surface area contributed by atoms with E-state index in [1.807, 2.05) is 26.8 Å². The minimum Gasteiger partial charge on any atom is -0.390 e. The fourth-order valence-electron chi connectivity index (χ4n) is 5.42. The number of ketones is 1. The van der Waals surface area contributed by atoms with Crippen LogP contribution >= 0.6 is 0 Å². The van der Waals surface area contributed by atoms with Crippen molar-refractivity contribution in [2.24, 2.45) is 16.7 Å². The molecule has 2 rings (SSSR count). The number of aliphatic hydroxyl groups is 2. The summed E-state index contributed by atoms with van der Waals surface area (Å²) in [6.45, 7) is 11.9. The zero-order chi connectivity index (χ0) is 17.7. The average Bonchev–Trinajstić information content (AvgIpc) is 2.45. The summed E-state index contributed by atoms with van der Waals surface area (Å²) < 4.78 is 0. The van der Waals surface area contributed by atoms with Crippen LogP contribution in [0.3, 0.4) is 0 Å². The molecule has 3 nitrogen and oxygen atoms in total. The zero-order valence-corrected chi connectivity index (χ0v) is 15.7. The van der Waals surface area contributed by atoms with Crippen molar-refractivity contribution < 1.29 is 15.0 Å². The largest absolute Gasteiger partial charge is 0.390 e. The minimum absolute atomic E-state index is 0.0895. The molecular formula is C20H34O3. The summed E-state index contributed by atoms with van der Waals surface area (Å²) in [5.74, 6) is -0.123. The third kappa shape index (κ3) is 2.70. The fourth-order valence-corrected chi connectivity index (χ4v) is 5.42. The van der Waals surface area contributed by atoms with Crippen molar-refractivity contribution in [3.63, 3.8) is 0 Å². The van der Waals surface area contributed by atoms with Crippen LogP contribution in [0.5, 0.6) is 0 Å². The minimum atomic E-state index is -0.905. The number of Topliss-reactive ketones (excluding diaryl/α,β-unsaturated/α-hetero) is 1. The Hall–Kier alpha value is -0.670. The first-order chi connectivity index (χ1) is 10.4. The highest BCUT2D eigenvalue weighted by Gasteiger charge is 2.66. The topological polar surface area (TPSA) is 57.5 Å². The van der Waals surface area contributed by atoms with E-state index < -0.39 is 16.6 Å². The Morgan fingerprint density at radius 2 is 1.70 bits per heavy atom. The number of carbonyl (C=O) groups excluding carboxylic acids is 1. The molecule has 0 amide bonds. The van der Waals surface area contributed by atoms with Crippen LogP contribution in [0.2, 0.25) is 0 Å². The molecule has 2 saturated carbocycles. The Labute approximate surface area is 141 Å². The lowest BCUT2D eigenvalue weighted by atomic mass is 9.42. The van der Waals surface area contributed by atoms with E-state index in [0.29, 0.717) is 19.3 Å². The van der Waals surface area contributed by atoms with Crippen LogP contribution in [0.1, 0.15) is 80.1 Å². The van der Waals surface area contributed by atoms with Crippen molar-refractivity contribution in [2.45, 2.75) is 91.3 Å². The van der Waals surface area contributed by atoms with Crippen LogP contribution in [0.4, 0.5) is 0 Å². The molecular weight excluding hydrogens is 288 g/mol. The molecule has 132 valence electrons. The molecule has 0 saturated heterocycles. The second-order valence-electron chi connectivity index (χ2n) is 9.02. The standard InChI is InChI=1S/C20H34O3/c1-7-14(2)15(21)13-16-18(5)10-8-9-17(3,4)20(18,23)12-11-19(16,6)22/h7,16,22-23H,8-13H2,1-6H3/b14-7+/t16-,18-,19-,20-/m1/s1. The Morgan fingerprint density at radius 1 is 1.09 bits per heavy atom. The maximum Gasteiger partial charge on any atom is 0.158 e. The first-order valence-electron chi connectivity index (χ1n) is 9.02. The predicted molar refractivity (Wildman–Crippen MR) is 93.1 cm³/mol. The lowest BCUT2D eigenvalue weighted by molar-refractivity contribution is -0.265. The van der Waals surface area contributed by atoms with Crippen molar-refractivity contribution in [1.29, 1.82) is 0 Å². The lowest BCUT2D eigenvalue weighted by Crippen LogP contribution is -2.68. The van der Waals surface area contributed by atoms with E-state index in [9.17, 15) is 15.0 Å². The second kappa shape index (κ2) is 5.70. The van der Waals surface area contributed by atoms with Crippen molar-refractivity contribution in [3.8, 4) is 0 Å². The number of hydrogen-bond donors (Lipinski definition) is 2. The molecule has 2 aliphatic carbocycles. The summed E-state index contributed by atoms with van der Waals surface area (Å²) in [4.78, 5) is 12.6. The molecule has 2 N–H and O–H groups in total. The zero-order valence-electron chi connectivity index (χ0n) is 15.7. The molecule has 0 radical (unpaired) electrons. The summed E-state index contributed by atoms with van der Waals surface area (Å²) in [5.41, 5.74) is -1.60. The monoisotopic (exact) mass is 322 g/mol. The van der Waals surface area contributed by atoms with E-state index in [2.05, 4.69) is 20.8 Å². The molecule has 0 aromatic heterocycles. The highest BCUT2D eigenvalue weighted by atomic mass is 16.3. The van der Waals surface area contributed by atoms with Crippen LogP contribution in [-0.2, 0) is 4.79 Å². The van der Waals surface area contributed by atoms with Gasteiger partial charge in [-0.3, -0.25) is 4.79 Å². The molecule has 0 unspecified atom stereocenters. The molecule has 23 heavy (non-hydrogen) atoms. The summed E-state index contributed by atoms with van der Waals surface area (Å²) in [7, 11) is 0. The van der Waals surface area contributed by atoms with Crippen molar-refractivity contribution in [2.75, 3.05) is 0 Å². The van der Waals surface area contributed by atoms with E-state index in [1.54, 1.807) is 0 Å². The van der Waals surface area contributed by atoms with Gasteiger partial charge in [-0.25, -0.2) is 0 Å². The van der Waals surface area contributed by atoms with E-state index in [1.165, 1.54) is 0 Å². The SMILES string of the molecule is C/C=C(\C)C(=O)C[C@H]1[C@](C)(O)CC[C@@]2(O)C(C)(C)CCC[C@]12C. The number of allylic oxidation sites excluding steroid dienone is 2. The molecule has 0 aromatic rings. The molecule has 2 fully saturated rings. The highest BCUT2D eigenvalue weighted by molar-refractivity contribution is 5.94. The van der Waals surface area contributed by atoms with Crippen molar-refractivity contribution in [1.82, 2.24) is 0 Å². The van der Waals surface area contributed by atoms with Gasteiger partial charge in [-0.1, -0.05) is 33.3 Å². The fraction of sp³-hybridized carbons (Fsp3) is 0.850. The van der Waals surface area contributed by atoms with Crippen LogP contribution < -0.4 is 0 Å². The molecule has 0 aliphatic heterocycles. The van der Waals surface area contributed by atoms with Crippen molar-refractivity contribution in [3.05, 3.63) is 11.6 Å². The summed E-state index contributed by atoms with van der Waals surface area (Å²) in [6, 6.07) is 0. The van der Waals surface area contributed by atoms with Gasteiger partial charge in [0.1, 0.15) is 0 Å². The molecule has 0 aromatic carbocycles. The maximum absolute atomic E-state index is 12.6. The van der Waals surface area contributed by atoms with Gasteiger partial charge in [-0.2, -0.15) is 0 Å².